The van der Waals surface area contributed by atoms with Crippen molar-refractivity contribution in [1.82, 2.24) is 29.6 Å². The molecule has 0 radical (unpaired) electrons. The molecule has 6 heterocycles. The van der Waals surface area contributed by atoms with Crippen LogP contribution in [0, 0.1) is 0 Å². The van der Waals surface area contributed by atoms with Crippen LogP contribution in [0.4, 0.5) is 19.1 Å². The zero-order chi connectivity index (χ0) is 40.0. The molecule has 58 heavy (non-hydrogen) atoms. The summed E-state index contributed by atoms with van der Waals surface area (Å²) in [6.07, 6.45) is 12.1. The number of nitrogens with one attached hydrogen (secondary N) is 3. The van der Waals surface area contributed by atoms with Gasteiger partial charge in [0.1, 0.15) is 23.4 Å². The summed E-state index contributed by atoms with van der Waals surface area (Å²) in [5.41, 5.74) is 11.0. The van der Waals surface area contributed by atoms with Gasteiger partial charge in [-0.05, 0) is 110 Å². The maximum Gasteiger partial charge on any atom is 0.737 e. The molecule has 3 amide bonds. The van der Waals surface area contributed by atoms with Gasteiger partial charge in [0.25, 0.3) is 0 Å². The predicted octanol–water partition coefficient (Wildman–Crippen LogP) is 7.76. The second-order valence-corrected chi connectivity index (χ2v) is 15.5. The second kappa shape index (κ2) is 15.2. The molecule has 5 aromatic rings. The number of halogens is 2. The molecule has 296 valence electrons. The Morgan fingerprint density at radius 3 is 2.69 bits per heavy atom. The van der Waals surface area contributed by atoms with Crippen molar-refractivity contribution >= 4 is 53.0 Å². The molecule has 1 aliphatic carbocycles. The van der Waals surface area contributed by atoms with Gasteiger partial charge in [-0.1, -0.05) is 30.3 Å². The molecule has 0 unspecified atom stereocenters. The zero-order valence-corrected chi connectivity index (χ0v) is 32.7. The van der Waals surface area contributed by atoms with E-state index in [2.05, 4.69) is 31.7 Å². The third-order valence-corrected chi connectivity index (χ3v) is 11.6. The molecule has 0 saturated heterocycles. The Morgan fingerprint density at radius 2 is 1.84 bits per heavy atom. The number of benzene rings is 2. The molecule has 14 heteroatoms. The molecule has 3 aromatic heterocycles. The zero-order valence-electron chi connectivity index (χ0n) is 32.7. The second-order valence-electron chi connectivity index (χ2n) is 15.5. The SMILES string of the molecule is CC1=CC(C)=[N+]2C1=Cc1ccc(CCC(=O)NCCCOc3cccc(-c4cccc(NC(=O)N5CC=C(c6ncnc7[nH]c8c(c67)CCC8)CC5)c4)c3)n1[B-]2(F)F. The number of rotatable bonds is 11. The minimum Gasteiger partial charge on any atom is -0.494 e. The summed E-state index contributed by atoms with van der Waals surface area (Å²) in [5, 5.41) is 7.10. The lowest BCUT2D eigenvalue weighted by Gasteiger charge is -2.31. The Bertz CT molecular complexity index is 2600. The Kier molecular flexibility index (Phi) is 9.78. The molecule has 0 atom stereocenters. The van der Waals surface area contributed by atoms with Crippen LogP contribution in [0.1, 0.15) is 67.9 Å². The monoisotopic (exact) mass is 782 g/mol. The van der Waals surface area contributed by atoms with E-state index in [0.717, 1.165) is 67.2 Å². The molecule has 3 N–H and O–H groups in total. The highest BCUT2D eigenvalue weighted by Gasteiger charge is 2.52. The minimum atomic E-state index is -4.05. The van der Waals surface area contributed by atoms with Crippen LogP contribution in [-0.2, 0) is 24.1 Å². The normalized spacial score (nSPS) is 16.7. The first kappa shape index (κ1) is 37.3. The van der Waals surface area contributed by atoms with Gasteiger partial charge in [-0.2, -0.15) is 0 Å². The topological polar surface area (TPSA) is 120 Å². The summed E-state index contributed by atoms with van der Waals surface area (Å²) < 4.78 is 39.6. The number of fused-ring (bicyclic) bond motifs is 5. The highest BCUT2D eigenvalue weighted by Crippen LogP contribution is 2.37. The number of aromatic nitrogens is 4. The summed E-state index contributed by atoms with van der Waals surface area (Å²) in [7, 11) is 0. The molecule has 0 saturated carbocycles. The molecule has 0 fully saturated rings. The van der Waals surface area contributed by atoms with Crippen molar-refractivity contribution in [2.24, 2.45) is 0 Å². The van der Waals surface area contributed by atoms with Crippen molar-refractivity contribution in [1.29, 1.82) is 0 Å². The third-order valence-electron chi connectivity index (χ3n) is 11.6. The number of carbonyl (C=O) groups excluding carboxylic acids is 2. The number of aryl methyl sites for hydroxylation is 3. The summed E-state index contributed by atoms with van der Waals surface area (Å²) in [5.74, 6) is 0.493. The maximum absolute atomic E-state index is 15.7. The average Bonchev–Trinajstić information content (AvgIpc) is 4.00. The molecule has 9 rings (SSSR count). The fraction of sp³-hybridized carbons (Fsp3) is 0.295. The molecule has 0 spiro atoms. The van der Waals surface area contributed by atoms with Crippen LogP contribution in [-0.4, -0.2) is 79.7 Å². The van der Waals surface area contributed by atoms with Gasteiger partial charge in [-0.25, -0.2) is 14.8 Å². The number of carbonyl (C=O) groups is 2. The van der Waals surface area contributed by atoms with Gasteiger partial charge in [0.05, 0.1) is 12.3 Å². The van der Waals surface area contributed by atoms with Gasteiger partial charge in [-0.3, -0.25) is 4.79 Å². The summed E-state index contributed by atoms with van der Waals surface area (Å²) >= 11 is 0. The Hall–Kier alpha value is -6.31. The molecule has 2 aromatic carbocycles. The van der Waals surface area contributed by atoms with E-state index in [0.29, 0.717) is 73.3 Å². The van der Waals surface area contributed by atoms with Gasteiger partial charge in [0.15, 0.2) is 5.70 Å². The highest BCUT2D eigenvalue weighted by molar-refractivity contribution is 6.58. The third kappa shape index (κ3) is 7.01. The van der Waals surface area contributed by atoms with E-state index in [4.69, 9.17) is 4.74 Å². The van der Waals surface area contributed by atoms with Crippen molar-refractivity contribution < 1.29 is 27.4 Å². The molecular formula is C44H45BF2N8O3. The van der Waals surface area contributed by atoms with E-state index in [9.17, 15) is 9.59 Å². The lowest BCUT2D eigenvalue weighted by Crippen LogP contribution is -2.50. The number of ether oxygens (including phenoxy) is 1. The maximum atomic E-state index is 15.7. The van der Waals surface area contributed by atoms with Crippen LogP contribution in [0.25, 0.3) is 33.8 Å². The van der Waals surface area contributed by atoms with Gasteiger partial charge in [0.2, 0.25) is 5.91 Å². The number of H-pyrrole nitrogens is 1. The van der Waals surface area contributed by atoms with Crippen molar-refractivity contribution in [3.8, 4) is 16.9 Å². The summed E-state index contributed by atoms with van der Waals surface area (Å²) in [6, 6.07) is 18.7. The number of nitrogens with zero attached hydrogens (tertiary/aromatic N) is 5. The van der Waals surface area contributed by atoms with Gasteiger partial charge in [-0.15, -0.1) is 0 Å². The molecular weight excluding hydrogens is 737 g/mol. The van der Waals surface area contributed by atoms with Crippen molar-refractivity contribution in [2.45, 2.75) is 58.8 Å². The van der Waals surface area contributed by atoms with Crippen LogP contribution in [0.3, 0.4) is 0 Å². The van der Waals surface area contributed by atoms with Gasteiger partial charge in [0, 0.05) is 73.2 Å². The summed E-state index contributed by atoms with van der Waals surface area (Å²) in [4.78, 5) is 40.4. The molecule has 11 nitrogen and oxygen atoms in total. The molecule has 0 bridgehead atoms. The van der Waals surface area contributed by atoms with Crippen LogP contribution in [0.5, 0.6) is 5.75 Å². The number of hydrogen-bond donors (Lipinski definition) is 3. The number of hydrogen-bond acceptors (Lipinski definition) is 5. The lowest BCUT2D eigenvalue weighted by atomic mass is 9.89. The number of anilines is 1. The van der Waals surface area contributed by atoms with E-state index >= 15 is 8.63 Å². The fourth-order valence-corrected chi connectivity index (χ4v) is 8.84. The Balaban J connectivity index is 0.742. The smallest absolute Gasteiger partial charge is 0.494 e. The number of allylic oxidation sites excluding steroid dienone is 2. The average molecular weight is 783 g/mol. The molecule has 4 aliphatic rings. The van der Waals surface area contributed by atoms with E-state index in [1.165, 1.54) is 11.3 Å². The van der Waals surface area contributed by atoms with E-state index in [1.54, 1.807) is 37.5 Å². The van der Waals surface area contributed by atoms with Gasteiger partial charge >= 0.3 is 13.0 Å². The summed E-state index contributed by atoms with van der Waals surface area (Å²) in [6.45, 7) is 1.35. The van der Waals surface area contributed by atoms with Crippen LogP contribution >= 0.6 is 0 Å². The van der Waals surface area contributed by atoms with Gasteiger partial charge < -0.3 is 42.9 Å². The quantitative estimate of drug-likeness (QED) is 0.0935. The number of urea groups is 1. The first-order chi connectivity index (χ1) is 28.1. The van der Waals surface area contributed by atoms with Crippen molar-refractivity contribution in [3.05, 3.63) is 119 Å². The van der Waals surface area contributed by atoms with E-state index in [1.807, 2.05) is 60.4 Å². The predicted molar refractivity (Wildman–Crippen MR) is 223 cm³/mol. The minimum absolute atomic E-state index is 0.105. The lowest BCUT2D eigenvalue weighted by molar-refractivity contribution is -0.362. The van der Waals surface area contributed by atoms with Crippen molar-refractivity contribution in [3.63, 3.8) is 0 Å². The van der Waals surface area contributed by atoms with E-state index < -0.39 is 6.97 Å². The molecule has 3 aliphatic heterocycles. The van der Waals surface area contributed by atoms with E-state index in [-0.39, 0.29) is 24.8 Å². The van der Waals surface area contributed by atoms with Crippen LogP contribution in [0.2, 0.25) is 0 Å². The largest absolute Gasteiger partial charge is 0.737 e. The highest BCUT2D eigenvalue weighted by atomic mass is 19.2. The van der Waals surface area contributed by atoms with Crippen LogP contribution < -0.4 is 15.4 Å². The first-order valence-electron chi connectivity index (χ1n) is 20.1. The van der Waals surface area contributed by atoms with Crippen molar-refractivity contribution in [2.75, 3.05) is 31.6 Å². The Morgan fingerprint density at radius 1 is 1.00 bits per heavy atom. The van der Waals surface area contributed by atoms with Crippen LogP contribution in [0.15, 0.2) is 90.4 Å². The first-order valence-corrected chi connectivity index (χ1v) is 20.1. The standard InChI is InChI=1S/C44H45BF2N8O3/c1-28-23-29(2)54-39(28)26-35-14-13-34(55(35)45(54,46)47)15-16-40(56)48-19-6-22-58-36-10-4-8-32(25-36)31-7-3-9-33(24-31)51-44(57)53-20-17-30(18-21-53)42-41-37-11-5-12-38(37)52-43(41)50-27-49-42/h3-4,7-10,13-14,17,23-27H,5-6,11-12,15-16,18-22H2,1-2H3,(H,48,56)(H,51,57)(H,49,50,52). The number of amides is 3. The Labute approximate surface area is 335 Å². The fourth-order valence-electron chi connectivity index (χ4n) is 8.84. The number of aromatic amines is 1.